The van der Waals surface area contributed by atoms with Crippen LogP contribution >= 0.6 is 0 Å². The molecule has 2 fully saturated rings. The molecule has 1 saturated heterocycles. The number of nitrogens with zero attached hydrogens (tertiary/aromatic N) is 2. The zero-order valence-electron chi connectivity index (χ0n) is 14.2. The lowest BCUT2D eigenvalue weighted by molar-refractivity contribution is -0.145. The maximum Gasteiger partial charge on any atom is 0.227 e. The molecule has 0 radical (unpaired) electrons. The number of hydrogen-bond donors (Lipinski definition) is 0. The van der Waals surface area contributed by atoms with Crippen molar-refractivity contribution >= 4 is 11.8 Å². The first kappa shape index (κ1) is 16.3. The van der Waals surface area contributed by atoms with Crippen LogP contribution in [0.15, 0.2) is 0 Å². The average molecular weight is 294 g/mol. The predicted molar refractivity (Wildman–Crippen MR) is 83.7 cm³/mol. The van der Waals surface area contributed by atoms with Gasteiger partial charge in [-0.25, -0.2) is 0 Å². The second kappa shape index (κ2) is 5.98. The molecule has 1 aliphatic carbocycles. The van der Waals surface area contributed by atoms with Crippen LogP contribution in [0.4, 0.5) is 0 Å². The summed E-state index contributed by atoms with van der Waals surface area (Å²) in [5.41, 5.74) is -0.325. The van der Waals surface area contributed by atoms with E-state index in [1.165, 1.54) is 12.8 Å². The Morgan fingerprint density at radius 1 is 1.10 bits per heavy atom. The van der Waals surface area contributed by atoms with Crippen molar-refractivity contribution in [2.45, 2.75) is 59.4 Å². The highest BCUT2D eigenvalue weighted by Crippen LogP contribution is 2.35. The van der Waals surface area contributed by atoms with Crippen LogP contribution < -0.4 is 0 Å². The van der Waals surface area contributed by atoms with Crippen LogP contribution in [0.3, 0.4) is 0 Å². The molecule has 0 spiro atoms. The maximum atomic E-state index is 12.6. The van der Waals surface area contributed by atoms with Crippen molar-refractivity contribution < 1.29 is 9.59 Å². The van der Waals surface area contributed by atoms with Gasteiger partial charge in [0.05, 0.1) is 0 Å². The van der Waals surface area contributed by atoms with Crippen molar-refractivity contribution in [2.24, 2.45) is 17.3 Å². The molecule has 120 valence electrons. The van der Waals surface area contributed by atoms with E-state index < -0.39 is 0 Å². The SMILES string of the molecule is CC(C1CC1)N(C)C(=O)C1CCN(C(=O)C(C)(C)C)CC1. The standard InChI is InChI=1S/C17H30N2O2/c1-12(13-6-7-13)18(5)15(20)14-8-10-19(11-9-14)16(21)17(2,3)4/h12-14H,6-11H2,1-5H3. The molecule has 1 aliphatic heterocycles. The third-order valence-electron chi connectivity index (χ3n) is 5.04. The Hall–Kier alpha value is -1.06. The molecule has 0 bridgehead atoms. The maximum absolute atomic E-state index is 12.6. The van der Waals surface area contributed by atoms with Gasteiger partial charge < -0.3 is 9.80 Å². The minimum Gasteiger partial charge on any atom is -0.343 e. The quantitative estimate of drug-likeness (QED) is 0.802. The Labute approximate surface area is 128 Å². The highest BCUT2D eigenvalue weighted by Gasteiger charge is 2.37. The van der Waals surface area contributed by atoms with Gasteiger partial charge in [-0.1, -0.05) is 20.8 Å². The molecule has 0 aromatic rings. The number of carbonyl (C=O) groups excluding carboxylic acids is 2. The Bertz CT molecular complexity index is 402. The molecule has 1 heterocycles. The van der Waals surface area contributed by atoms with E-state index in [2.05, 4.69) is 6.92 Å². The monoisotopic (exact) mass is 294 g/mol. The molecule has 21 heavy (non-hydrogen) atoms. The number of rotatable bonds is 3. The van der Waals surface area contributed by atoms with Crippen molar-refractivity contribution in [3.63, 3.8) is 0 Å². The van der Waals surface area contributed by atoms with Crippen LogP contribution in [-0.2, 0) is 9.59 Å². The van der Waals surface area contributed by atoms with E-state index >= 15 is 0 Å². The summed E-state index contributed by atoms with van der Waals surface area (Å²) >= 11 is 0. The van der Waals surface area contributed by atoms with Gasteiger partial charge >= 0.3 is 0 Å². The smallest absolute Gasteiger partial charge is 0.227 e. The van der Waals surface area contributed by atoms with Crippen LogP contribution in [0.5, 0.6) is 0 Å². The van der Waals surface area contributed by atoms with Crippen molar-refractivity contribution in [1.82, 2.24) is 9.80 Å². The number of likely N-dealkylation sites (tertiary alicyclic amines) is 1. The second-order valence-corrected chi connectivity index (χ2v) is 7.84. The van der Waals surface area contributed by atoms with Gasteiger partial charge in [-0.05, 0) is 38.5 Å². The van der Waals surface area contributed by atoms with Crippen molar-refractivity contribution in [2.75, 3.05) is 20.1 Å². The molecule has 0 aromatic carbocycles. The third-order valence-corrected chi connectivity index (χ3v) is 5.04. The Morgan fingerprint density at radius 2 is 1.62 bits per heavy atom. The molecule has 4 heteroatoms. The third kappa shape index (κ3) is 3.78. The number of amides is 2. The first-order valence-electron chi connectivity index (χ1n) is 8.28. The molecule has 0 N–H and O–H groups in total. The lowest BCUT2D eigenvalue weighted by atomic mass is 9.90. The molecular formula is C17H30N2O2. The summed E-state index contributed by atoms with van der Waals surface area (Å²) < 4.78 is 0. The summed E-state index contributed by atoms with van der Waals surface area (Å²) in [6, 6.07) is 0.367. The predicted octanol–water partition coefficient (Wildman–Crippen LogP) is 2.53. The van der Waals surface area contributed by atoms with Gasteiger partial charge in [0.25, 0.3) is 0 Å². The van der Waals surface area contributed by atoms with Gasteiger partial charge in [-0.2, -0.15) is 0 Å². The average Bonchev–Trinajstić information content (AvgIpc) is 3.28. The van der Waals surface area contributed by atoms with E-state index in [1.807, 2.05) is 37.6 Å². The van der Waals surface area contributed by atoms with Crippen LogP contribution in [0, 0.1) is 17.3 Å². The highest BCUT2D eigenvalue weighted by molar-refractivity contribution is 5.82. The van der Waals surface area contributed by atoms with Crippen molar-refractivity contribution in [3.8, 4) is 0 Å². The van der Waals surface area contributed by atoms with Crippen molar-refractivity contribution in [3.05, 3.63) is 0 Å². The van der Waals surface area contributed by atoms with Gasteiger partial charge in [0.2, 0.25) is 11.8 Å². The second-order valence-electron chi connectivity index (χ2n) is 7.84. The summed E-state index contributed by atoms with van der Waals surface area (Å²) in [7, 11) is 1.94. The van der Waals surface area contributed by atoms with Gasteiger partial charge in [-0.3, -0.25) is 9.59 Å². The van der Waals surface area contributed by atoms with Gasteiger partial charge in [0, 0.05) is 37.5 Å². The fourth-order valence-electron chi connectivity index (χ4n) is 3.19. The van der Waals surface area contributed by atoms with Gasteiger partial charge in [0.1, 0.15) is 0 Å². The first-order valence-corrected chi connectivity index (χ1v) is 8.28. The van der Waals surface area contributed by atoms with Gasteiger partial charge in [-0.15, -0.1) is 0 Å². The minimum absolute atomic E-state index is 0.0974. The summed E-state index contributed by atoms with van der Waals surface area (Å²) in [4.78, 5) is 28.7. The minimum atomic E-state index is -0.325. The van der Waals surface area contributed by atoms with E-state index in [9.17, 15) is 9.59 Å². The topological polar surface area (TPSA) is 40.6 Å². The van der Waals surface area contributed by atoms with Crippen molar-refractivity contribution in [1.29, 1.82) is 0 Å². The molecule has 4 nitrogen and oxygen atoms in total. The van der Waals surface area contributed by atoms with Crippen LogP contribution in [0.2, 0.25) is 0 Å². The van der Waals surface area contributed by atoms with Crippen LogP contribution in [-0.4, -0.2) is 47.8 Å². The summed E-state index contributed by atoms with van der Waals surface area (Å²) in [5.74, 6) is 1.28. The summed E-state index contributed by atoms with van der Waals surface area (Å²) in [5, 5.41) is 0. The fourth-order valence-corrected chi connectivity index (χ4v) is 3.19. The zero-order chi connectivity index (χ0) is 15.8. The molecule has 1 atom stereocenters. The molecule has 2 rings (SSSR count). The lowest BCUT2D eigenvalue weighted by Gasteiger charge is -2.37. The van der Waals surface area contributed by atoms with E-state index in [1.54, 1.807) is 0 Å². The fraction of sp³-hybridized carbons (Fsp3) is 0.882. The highest BCUT2D eigenvalue weighted by atomic mass is 16.2. The number of piperidine rings is 1. The van der Waals surface area contributed by atoms with E-state index in [-0.39, 0.29) is 23.1 Å². The molecule has 0 aromatic heterocycles. The van der Waals surface area contributed by atoms with Gasteiger partial charge in [0.15, 0.2) is 0 Å². The summed E-state index contributed by atoms with van der Waals surface area (Å²) in [6.45, 7) is 9.47. The molecular weight excluding hydrogens is 264 g/mol. The van der Waals surface area contributed by atoms with Crippen LogP contribution in [0.1, 0.15) is 53.4 Å². The number of hydrogen-bond acceptors (Lipinski definition) is 2. The zero-order valence-corrected chi connectivity index (χ0v) is 14.2. The Kier molecular flexibility index (Phi) is 4.64. The largest absolute Gasteiger partial charge is 0.343 e. The Morgan fingerprint density at radius 3 is 2.05 bits per heavy atom. The normalized spacial score (nSPS) is 22.0. The van der Waals surface area contributed by atoms with E-state index in [4.69, 9.17) is 0 Å². The first-order chi connectivity index (χ1) is 9.71. The molecule has 2 aliphatic rings. The number of carbonyl (C=O) groups is 2. The Balaban J connectivity index is 1.85. The van der Waals surface area contributed by atoms with E-state index in [0.717, 1.165) is 25.9 Å². The molecule has 2 amide bonds. The van der Waals surface area contributed by atoms with E-state index in [0.29, 0.717) is 12.0 Å². The van der Waals surface area contributed by atoms with Crippen LogP contribution in [0.25, 0.3) is 0 Å². The lowest BCUT2D eigenvalue weighted by Crippen LogP contribution is -2.48. The molecule has 1 saturated carbocycles. The summed E-state index contributed by atoms with van der Waals surface area (Å²) in [6.07, 6.45) is 4.14. The molecule has 1 unspecified atom stereocenters.